The number of phenolic OH excluding ortho intramolecular Hbond substituents is 6. The molecular weight excluding hydrogens is 608 g/mol. The van der Waals surface area contributed by atoms with Gasteiger partial charge in [-0.15, -0.1) is 0 Å². The van der Waals surface area contributed by atoms with Gasteiger partial charge in [-0.05, 0) is 37.0 Å². The summed E-state index contributed by atoms with van der Waals surface area (Å²) in [6.07, 6.45) is 1.60. The number of benzene rings is 4. The van der Waals surface area contributed by atoms with Gasteiger partial charge in [-0.25, -0.2) is 0 Å². The van der Waals surface area contributed by atoms with Gasteiger partial charge in [0.25, 0.3) is 0 Å². The van der Waals surface area contributed by atoms with Gasteiger partial charge in [-0.2, -0.15) is 0 Å². The van der Waals surface area contributed by atoms with Gasteiger partial charge in [0.2, 0.25) is 16.6 Å². The highest BCUT2D eigenvalue weighted by Crippen LogP contribution is 2.61. The van der Waals surface area contributed by atoms with Gasteiger partial charge in [-0.3, -0.25) is 9.59 Å². The Morgan fingerprint density at radius 1 is 0.766 bits per heavy atom. The molecule has 1 aliphatic heterocycles. The van der Waals surface area contributed by atoms with Crippen LogP contribution in [-0.4, -0.2) is 30.6 Å². The molecule has 3 atom stereocenters. The third kappa shape index (κ3) is 3.86. The number of hydrogen-bond donors (Lipinski definition) is 6. The second-order valence-electron chi connectivity index (χ2n) is 13.2. The van der Waals surface area contributed by atoms with E-state index >= 15 is 0 Å². The number of para-hydroxylation sites is 1. The molecule has 0 fully saturated rings. The largest absolute Gasteiger partial charge is 0.508 e. The molecule has 47 heavy (non-hydrogen) atoms. The molecule has 4 aromatic carbocycles. The molecule has 2 aromatic heterocycles. The van der Waals surface area contributed by atoms with E-state index in [0.717, 1.165) is 17.7 Å². The first-order chi connectivity index (χ1) is 22.3. The number of ether oxygens (including phenoxy) is 1. The number of fused-ring (bicyclic) bond motifs is 7. The lowest BCUT2D eigenvalue weighted by Crippen LogP contribution is -2.42. The molecule has 0 saturated heterocycles. The van der Waals surface area contributed by atoms with Crippen molar-refractivity contribution < 1.29 is 44.2 Å². The lowest BCUT2D eigenvalue weighted by molar-refractivity contribution is 0.0172. The molecule has 0 bridgehead atoms. The molecule has 11 heteroatoms. The summed E-state index contributed by atoms with van der Waals surface area (Å²) >= 11 is 0. The van der Waals surface area contributed by atoms with Crippen LogP contribution in [0.3, 0.4) is 0 Å². The van der Waals surface area contributed by atoms with E-state index in [9.17, 15) is 40.2 Å². The summed E-state index contributed by atoms with van der Waals surface area (Å²) in [6.45, 7) is 5.99. The summed E-state index contributed by atoms with van der Waals surface area (Å²) in [4.78, 5) is 27.8. The van der Waals surface area contributed by atoms with E-state index in [0.29, 0.717) is 12.0 Å². The van der Waals surface area contributed by atoms with Crippen molar-refractivity contribution in [3.63, 3.8) is 0 Å². The van der Waals surface area contributed by atoms with Crippen LogP contribution >= 0.6 is 0 Å². The lowest BCUT2D eigenvalue weighted by Gasteiger charge is -2.50. The average Bonchev–Trinajstić information content (AvgIpc) is 2.98. The summed E-state index contributed by atoms with van der Waals surface area (Å²) in [5, 5.41) is 64.3. The van der Waals surface area contributed by atoms with E-state index in [1.165, 1.54) is 30.3 Å². The molecule has 0 saturated carbocycles. The number of phenols is 6. The maximum Gasteiger partial charge on any atom is 0.204 e. The van der Waals surface area contributed by atoms with Gasteiger partial charge in [0.05, 0.1) is 10.8 Å². The molecule has 3 heterocycles. The van der Waals surface area contributed by atoms with Crippen LogP contribution in [0.5, 0.6) is 40.2 Å². The van der Waals surface area contributed by atoms with Crippen molar-refractivity contribution in [2.45, 2.75) is 39.2 Å². The van der Waals surface area contributed by atoms with E-state index in [2.05, 4.69) is 0 Å². The molecule has 0 radical (unpaired) electrons. The molecule has 2 aliphatic rings. The first-order valence-corrected chi connectivity index (χ1v) is 14.9. The van der Waals surface area contributed by atoms with Crippen molar-refractivity contribution in [2.24, 2.45) is 11.3 Å². The van der Waals surface area contributed by atoms with Crippen molar-refractivity contribution in [1.29, 1.82) is 0 Å². The molecule has 11 nitrogen and oxygen atoms in total. The Morgan fingerprint density at radius 2 is 1.49 bits per heavy atom. The van der Waals surface area contributed by atoms with Crippen LogP contribution in [0, 0.1) is 11.3 Å². The molecule has 1 aliphatic carbocycles. The van der Waals surface area contributed by atoms with Crippen LogP contribution in [0.1, 0.15) is 50.3 Å². The van der Waals surface area contributed by atoms with E-state index in [1.54, 1.807) is 0 Å². The highest BCUT2D eigenvalue weighted by atomic mass is 16.5. The molecule has 6 N–H and O–H groups in total. The quantitative estimate of drug-likeness (QED) is 0.0643. The maximum absolute atomic E-state index is 14.1. The smallest absolute Gasteiger partial charge is 0.204 e. The van der Waals surface area contributed by atoms with E-state index < -0.39 is 51.5 Å². The van der Waals surface area contributed by atoms with Crippen LogP contribution in [0.25, 0.3) is 43.9 Å². The maximum atomic E-state index is 14.1. The fraction of sp³-hybridized carbons (Fsp3) is 0.222. The highest BCUT2D eigenvalue weighted by molar-refractivity contribution is 5.99. The topological polar surface area (TPSA) is 191 Å². The van der Waals surface area contributed by atoms with Crippen molar-refractivity contribution in [3.8, 4) is 40.2 Å². The third-order valence-electron chi connectivity index (χ3n) is 9.65. The van der Waals surface area contributed by atoms with Crippen LogP contribution in [0.4, 0.5) is 0 Å². The lowest BCUT2D eigenvalue weighted by atomic mass is 9.59. The Balaban J connectivity index is 1.47. The SMILES string of the molecule is CC1=C[C@@H]2c3c(cc4oc5c(O)cccc5c(=O)c4c3O)O[C@@H](c3cc(O)c(O)c4oc5cc(O)cc(O)c5c(=O)c34)[C@@H]2C(C)(C)C1. The molecular formula is C36H28O11. The summed E-state index contributed by atoms with van der Waals surface area (Å²) in [5.41, 5.74) is -0.977. The Hall–Kier alpha value is -5.84. The number of rotatable bonds is 1. The second-order valence-corrected chi connectivity index (χ2v) is 13.2. The predicted molar refractivity (Wildman–Crippen MR) is 172 cm³/mol. The molecule has 0 amide bonds. The van der Waals surface area contributed by atoms with E-state index in [1.807, 2.05) is 26.8 Å². The van der Waals surface area contributed by atoms with Crippen molar-refractivity contribution >= 4 is 43.9 Å². The van der Waals surface area contributed by atoms with Crippen LogP contribution in [0.15, 0.2) is 72.5 Å². The monoisotopic (exact) mass is 636 g/mol. The van der Waals surface area contributed by atoms with E-state index in [-0.39, 0.29) is 72.4 Å². The second kappa shape index (κ2) is 9.35. The minimum absolute atomic E-state index is 0.0399. The van der Waals surface area contributed by atoms with Gasteiger partial charge in [0.15, 0.2) is 22.7 Å². The van der Waals surface area contributed by atoms with Crippen LogP contribution in [-0.2, 0) is 0 Å². The van der Waals surface area contributed by atoms with E-state index in [4.69, 9.17) is 13.6 Å². The van der Waals surface area contributed by atoms with Crippen molar-refractivity contribution in [2.75, 3.05) is 0 Å². The van der Waals surface area contributed by atoms with Gasteiger partial charge >= 0.3 is 0 Å². The number of hydrogen-bond acceptors (Lipinski definition) is 11. The fourth-order valence-electron chi connectivity index (χ4n) is 7.87. The van der Waals surface area contributed by atoms with Gasteiger partial charge in [0.1, 0.15) is 51.0 Å². The average molecular weight is 637 g/mol. The third-order valence-corrected chi connectivity index (χ3v) is 9.65. The molecule has 8 rings (SSSR count). The Morgan fingerprint density at radius 3 is 2.26 bits per heavy atom. The van der Waals surface area contributed by atoms with Gasteiger partial charge in [-0.1, -0.05) is 31.6 Å². The van der Waals surface area contributed by atoms with Gasteiger partial charge in [0, 0.05) is 41.2 Å². The zero-order valence-electron chi connectivity index (χ0n) is 25.3. The predicted octanol–water partition coefficient (Wildman–Crippen LogP) is 6.65. The summed E-state index contributed by atoms with van der Waals surface area (Å²) < 4.78 is 18.4. The standard InChI is InChI=1S/C36H28O11/c1-13-7-16-24-22(11-23-27(31(24)43)29(41)15-5-4-6-18(38)33(15)45-23)46-34(28(16)36(2,3)12-13)17-10-20(40)30(42)35-25(17)32(44)26-19(39)8-14(37)9-21(26)47-35/h4-11,16,28,34,37-40,42-43H,12H2,1-3H3/t16-,28-,34+/m1/s1. The number of allylic oxidation sites excluding steroid dienone is 2. The minimum Gasteiger partial charge on any atom is -0.508 e. The first kappa shape index (κ1) is 28.6. The molecule has 238 valence electrons. The molecule has 6 aromatic rings. The molecule has 0 unspecified atom stereocenters. The summed E-state index contributed by atoms with van der Waals surface area (Å²) in [7, 11) is 0. The Kier molecular flexibility index (Phi) is 5.69. The highest BCUT2D eigenvalue weighted by Gasteiger charge is 2.51. The number of aromatic hydroxyl groups is 6. The summed E-state index contributed by atoms with van der Waals surface area (Å²) in [6, 6.07) is 9.17. The Bertz CT molecular complexity index is 2540. The summed E-state index contributed by atoms with van der Waals surface area (Å²) in [5.74, 6) is -3.74. The molecule has 0 spiro atoms. The van der Waals surface area contributed by atoms with Crippen LogP contribution in [0.2, 0.25) is 0 Å². The van der Waals surface area contributed by atoms with Crippen molar-refractivity contribution in [1.82, 2.24) is 0 Å². The minimum atomic E-state index is -1.00. The van der Waals surface area contributed by atoms with Crippen molar-refractivity contribution in [3.05, 3.63) is 85.7 Å². The normalized spacial score (nSPS) is 20.2. The fourth-order valence-corrected chi connectivity index (χ4v) is 7.87. The first-order valence-electron chi connectivity index (χ1n) is 14.9. The zero-order valence-corrected chi connectivity index (χ0v) is 25.3. The zero-order chi connectivity index (χ0) is 33.3. The Labute approximate surface area is 264 Å². The van der Waals surface area contributed by atoms with Gasteiger partial charge < -0.3 is 44.2 Å². The van der Waals surface area contributed by atoms with Crippen LogP contribution < -0.4 is 15.6 Å².